The van der Waals surface area contributed by atoms with Gasteiger partial charge in [-0.15, -0.1) is 0 Å². The van der Waals surface area contributed by atoms with Gasteiger partial charge in [-0.2, -0.15) is 5.10 Å². The lowest BCUT2D eigenvalue weighted by molar-refractivity contribution is -0.0810. The Morgan fingerprint density at radius 2 is 1.86 bits per heavy atom. The summed E-state index contributed by atoms with van der Waals surface area (Å²) in [5.74, 6) is 0. The molecule has 1 aliphatic rings. The molecule has 0 aliphatic heterocycles. The zero-order valence-electron chi connectivity index (χ0n) is 13.8. The standard InChI is InChI=1S/C16H28ClN3O/c1-11(2)20-13(12(17)10-19-20)14(18)16(21-5)8-6-15(3,4)7-9-16/h10-11,14H,6-9,18H2,1-5H3. The lowest BCUT2D eigenvalue weighted by atomic mass is 9.68. The number of rotatable bonds is 4. The maximum atomic E-state index is 6.62. The third kappa shape index (κ3) is 3.13. The number of aromatic nitrogens is 2. The van der Waals surface area contributed by atoms with E-state index in [4.69, 9.17) is 22.1 Å². The fourth-order valence-electron chi connectivity index (χ4n) is 3.29. The monoisotopic (exact) mass is 313 g/mol. The molecule has 4 nitrogen and oxygen atoms in total. The fourth-order valence-corrected chi connectivity index (χ4v) is 3.54. The van der Waals surface area contributed by atoms with Crippen LogP contribution in [-0.4, -0.2) is 22.5 Å². The quantitative estimate of drug-likeness (QED) is 0.910. The van der Waals surface area contributed by atoms with Gasteiger partial charge in [-0.25, -0.2) is 0 Å². The second-order valence-electron chi connectivity index (χ2n) is 7.33. The molecule has 0 aromatic carbocycles. The van der Waals surface area contributed by atoms with Crippen molar-refractivity contribution in [2.75, 3.05) is 7.11 Å². The Kier molecular flexibility index (Phi) is 4.72. The summed E-state index contributed by atoms with van der Waals surface area (Å²) in [4.78, 5) is 0. The first-order valence-electron chi connectivity index (χ1n) is 7.76. The van der Waals surface area contributed by atoms with Crippen LogP contribution >= 0.6 is 11.6 Å². The largest absolute Gasteiger partial charge is 0.376 e. The number of ether oxygens (including phenoxy) is 1. The topological polar surface area (TPSA) is 53.1 Å². The number of hydrogen-bond donors (Lipinski definition) is 1. The molecule has 21 heavy (non-hydrogen) atoms. The first-order valence-corrected chi connectivity index (χ1v) is 8.14. The Hall–Kier alpha value is -0.580. The Morgan fingerprint density at radius 1 is 1.29 bits per heavy atom. The van der Waals surface area contributed by atoms with E-state index in [2.05, 4.69) is 32.8 Å². The van der Waals surface area contributed by atoms with E-state index in [1.165, 1.54) is 0 Å². The summed E-state index contributed by atoms with van der Waals surface area (Å²) in [7, 11) is 1.77. The summed E-state index contributed by atoms with van der Waals surface area (Å²) in [6.07, 6.45) is 5.82. The molecular weight excluding hydrogens is 286 g/mol. The first-order chi connectivity index (χ1) is 9.72. The van der Waals surface area contributed by atoms with Gasteiger partial charge in [0, 0.05) is 13.2 Å². The Labute approximate surface area is 133 Å². The zero-order valence-corrected chi connectivity index (χ0v) is 14.6. The first kappa shape index (κ1) is 16.8. The van der Waals surface area contributed by atoms with Gasteiger partial charge >= 0.3 is 0 Å². The van der Waals surface area contributed by atoms with Gasteiger partial charge in [0.05, 0.1) is 28.6 Å². The van der Waals surface area contributed by atoms with E-state index < -0.39 is 0 Å². The summed E-state index contributed by atoms with van der Waals surface area (Å²) >= 11 is 6.36. The van der Waals surface area contributed by atoms with Crippen LogP contribution in [0.5, 0.6) is 0 Å². The van der Waals surface area contributed by atoms with Crippen LogP contribution in [0.25, 0.3) is 0 Å². The third-order valence-corrected chi connectivity index (χ3v) is 5.29. The van der Waals surface area contributed by atoms with E-state index in [0.717, 1.165) is 31.4 Å². The van der Waals surface area contributed by atoms with Crippen LogP contribution in [0.4, 0.5) is 0 Å². The summed E-state index contributed by atoms with van der Waals surface area (Å²) in [6, 6.07) is -0.0245. The lowest BCUT2D eigenvalue weighted by Gasteiger charge is -2.46. The molecule has 0 spiro atoms. The number of methoxy groups -OCH3 is 1. The number of nitrogens with zero attached hydrogens (tertiary/aromatic N) is 2. The van der Waals surface area contributed by atoms with E-state index >= 15 is 0 Å². The molecule has 1 aliphatic carbocycles. The number of nitrogens with two attached hydrogens (primary N) is 1. The van der Waals surface area contributed by atoms with Gasteiger partial charge in [-0.3, -0.25) is 4.68 Å². The molecule has 2 N–H and O–H groups in total. The highest BCUT2D eigenvalue weighted by Crippen LogP contribution is 2.47. The van der Waals surface area contributed by atoms with Crippen molar-refractivity contribution in [2.24, 2.45) is 11.1 Å². The molecule has 1 aromatic heterocycles. The van der Waals surface area contributed by atoms with Crippen LogP contribution in [0.3, 0.4) is 0 Å². The van der Waals surface area contributed by atoms with Crippen LogP contribution in [0.2, 0.25) is 5.02 Å². The zero-order chi connectivity index (χ0) is 15.8. The number of halogens is 1. The minimum Gasteiger partial charge on any atom is -0.376 e. The highest BCUT2D eigenvalue weighted by molar-refractivity contribution is 6.31. The SMILES string of the molecule is COC1(C(N)c2c(Cl)cnn2C(C)C)CCC(C)(C)CC1. The molecule has 2 rings (SSSR count). The Bertz CT molecular complexity index is 486. The normalized spacial score (nSPS) is 22.5. The van der Waals surface area contributed by atoms with Gasteiger partial charge in [0.1, 0.15) is 0 Å². The maximum Gasteiger partial charge on any atom is 0.0886 e. The van der Waals surface area contributed by atoms with Gasteiger partial charge in [0.2, 0.25) is 0 Å². The van der Waals surface area contributed by atoms with Crippen molar-refractivity contribution < 1.29 is 4.74 Å². The Morgan fingerprint density at radius 3 is 2.33 bits per heavy atom. The summed E-state index contributed by atoms with van der Waals surface area (Å²) in [6.45, 7) is 8.79. The van der Waals surface area contributed by atoms with Crippen molar-refractivity contribution in [3.05, 3.63) is 16.9 Å². The lowest BCUT2D eigenvalue weighted by Crippen LogP contribution is -2.48. The molecule has 0 bridgehead atoms. The van der Waals surface area contributed by atoms with E-state index in [1.807, 2.05) is 4.68 Å². The van der Waals surface area contributed by atoms with E-state index in [1.54, 1.807) is 13.3 Å². The number of hydrogen-bond acceptors (Lipinski definition) is 3. The molecular formula is C16H28ClN3O. The van der Waals surface area contributed by atoms with Crippen LogP contribution in [0.15, 0.2) is 6.20 Å². The van der Waals surface area contributed by atoms with Gasteiger partial charge in [0.15, 0.2) is 0 Å². The average molecular weight is 314 g/mol. The van der Waals surface area contributed by atoms with Gasteiger partial charge < -0.3 is 10.5 Å². The van der Waals surface area contributed by atoms with E-state index in [9.17, 15) is 0 Å². The van der Waals surface area contributed by atoms with E-state index in [-0.39, 0.29) is 17.7 Å². The van der Waals surface area contributed by atoms with Gasteiger partial charge in [-0.05, 0) is 44.9 Å². The molecule has 1 saturated carbocycles. The molecule has 1 fully saturated rings. The second kappa shape index (κ2) is 5.90. The molecule has 1 atom stereocenters. The molecule has 1 heterocycles. The summed E-state index contributed by atoms with van der Waals surface area (Å²) < 4.78 is 7.85. The smallest absolute Gasteiger partial charge is 0.0886 e. The minimum absolute atomic E-state index is 0.229. The molecule has 5 heteroatoms. The second-order valence-corrected chi connectivity index (χ2v) is 7.73. The van der Waals surface area contributed by atoms with Crippen LogP contribution in [0.1, 0.15) is 71.2 Å². The molecule has 0 radical (unpaired) electrons. The van der Waals surface area contributed by atoms with Crippen molar-refractivity contribution in [2.45, 2.75) is 71.1 Å². The molecule has 1 aromatic rings. The van der Waals surface area contributed by atoms with Crippen molar-refractivity contribution in [3.63, 3.8) is 0 Å². The van der Waals surface area contributed by atoms with Crippen LogP contribution < -0.4 is 5.73 Å². The third-order valence-electron chi connectivity index (χ3n) is 4.99. The van der Waals surface area contributed by atoms with Crippen molar-refractivity contribution >= 4 is 11.6 Å². The molecule has 120 valence electrons. The van der Waals surface area contributed by atoms with Crippen molar-refractivity contribution in [3.8, 4) is 0 Å². The predicted octanol–water partition coefficient (Wildman–Crippen LogP) is 4.10. The summed E-state index contributed by atoms with van der Waals surface area (Å²) in [5.41, 5.74) is 7.54. The fraction of sp³-hybridized carbons (Fsp3) is 0.812. The predicted molar refractivity (Wildman–Crippen MR) is 86.5 cm³/mol. The highest BCUT2D eigenvalue weighted by Gasteiger charge is 2.45. The van der Waals surface area contributed by atoms with Crippen molar-refractivity contribution in [1.82, 2.24) is 9.78 Å². The van der Waals surface area contributed by atoms with Crippen LogP contribution in [-0.2, 0) is 4.74 Å². The van der Waals surface area contributed by atoms with Gasteiger partial charge in [-0.1, -0.05) is 25.4 Å². The molecule has 1 unspecified atom stereocenters. The maximum absolute atomic E-state index is 6.62. The highest BCUT2D eigenvalue weighted by atomic mass is 35.5. The average Bonchev–Trinajstić information content (AvgIpc) is 2.81. The Balaban J connectivity index is 2.33. The van der Waals surface area contributed by atoms with Crippen LogP contribution in [0, 0.1) is 5.41 Å². The van der Waals surface area contributed by atoms with E-state index in [0.29, 0.717) is 10.4 Å². The van der Waals surface area contributed by atoms with Crippen molar-refractivity contribution in [1.29, 1.82) is 0 Å². The minimum atomic E-state index is -0.341. The molecule has 0 saturated heterocycles. The summed E-state index contributed by atoms with van der Waals surface area (Å²) in [5, 5.41) is 5.01. The van der Waals surface area contributed by atoms with Gasteiger partial charge in [0.25, 0.3) is 0 Å². The molecule has 0 amide bonds.